The fourth-order valence-corrected chi connectivity index (χ4v) is 2.05. The average molecular weight is 221 g/mol. The van der Waals surface area contributed by atoms with Gasteiger partial charge in [0.05, 0.1) is 12.7 Å². The van der Waals surface area contributed by atoms with Gasteiger partial charge in [-0.25, -0.2) is 0 Å². The second kappa shape index (κ2) is 5.32. The van der Waals surface area contributed by atoms with Gasteiger partial charge >= 0.3 is 0 Å². The van der Waals surface area contributed by atoms with Crippen molar-refractivity contribution in [1.82, 2.24) is 5.32 Å². The first-order chi connectivity index (χ1) is 7.77. The summed E-state index contributed by atoms with van der Waals surface area (Å²) >= 11 is 0. The smallest absolute Gasteiger partial charge is 0.124 e. The average Bonchev–Trinajstić information content (AvgIpc) is 2.48. The molecule has 0 bridgehead atoms. The van der Waals surface area contributed by atoms with E-state index in [0.29, 0.717) is 12.6 Å². The van der Waals surface area contributed by atoms with Gasteiger partial charge in [-0.2, -0.15) is 0 Å². The first-order valence-corrected chi connectivity index (χ1v) is 5.90. The van der Waals surface area contributed by atoms with Crippen molar-refractivity contribution in [3.63, 3.8) is 0 Å². The molecule has 1 aliphatic rings. The minimum Gasteiger partial charge on any atom is -0.493 e. The predicted octanol–water partition coefficient (Wildman–Crippen LogP) is 1.87. The normalized spacial score (nSPS) is 21.8. The maximum absolute atomic E-state index is 9.31. The van der Waals surface area contributed by atoms with Crippen molar-refractivity contribution in [2.45, 2.75) is 31.9 Å². The lowest BCUT2D eigenvalue weighted by molar-refractivity contribution is 0.185. The van der Waals surface area contributed by atoms with Crippen LogP contribution in [0.5, 0.6) is 5.75 Å². The van der Waals surface area contributed by atoms with Crippen LogP contribution in [-0.4, -0.2) is 24.4 Å². The van der Waals surface area contributed by atoms with Crippen LogP contribution in [0.15, 0.2) is 24.3 Å². The lowest BCUT2D eigenvalue weighted by atomic mass is 10.0. The SMILES string of the molecule is C[C@H](O)CNC1CCCOc2ccccc21. The van der Waals surface area contributed by atoms with Crippen molar-refractivity contribution in [3.05, 3.63) is 29.8 Å². The molecule has 0 aromatic heterocycles. The summed E-state index contributed by atoms with van der Waals surface area (Å²) in [5, 5.41) is 12.7. The Balaban J connectivity index is 2.12. The van der Waals surface area contributed by atoms with E-state index in [4.69, 9.17) is 4.74 Å². The summed E-state index contributed by atoms with van der Waals surface area (Å²) in [7, 11) is 0. The highest BCUT2D eigenvalue weighted by Crippen LogP contribution is 2.30. The first-order valence-electron chi connectivity index (χ1n) is 5.90. The molecule has 2 rings (SSSR count). The largest absolute Gasteiger partial charge is 0.493 e. The molecule has 0 saturated carbocycles. The molecule has 88 valence electrons. The Hall–Kier alpha value is -1.06. The highest BCUT2D eigenvalue weighted by molar-refractivity contribution is 5.36. The molecule has 0 aliphatic carbocycles. The highest BCUT2D eigenvalue weighted by Gasteiger charge is 2.18. The van der Waals surface area contributed by atoms with Crippen LogP contribution in [0.2, 0.25) is 0 Å². The quantitative estimate of drug-likeness (QED) is 0.818. The highest BCUT2D eigenvalue weighted by atomic mass is 16.5. The van der Waals surface area contributed by atoms with Gasteiger partial charge in [0.1, 0.15) is 5.75 Å². The molecule has 1 aromatic carbocycles. The minimum atomic E-state index is -0.309. The van der Waals surface area contributed by atoms with Crippen LogP contribution in [0, 0.1) is 0 Å². The lowest BCUT2D eigenvalue weighted by Gasteiger charge is -2.19. The fourth-order valence-electron chi connectivity index (χ4n) is 2.05. The van der Waals surface area contributed by atoms with Gasteiger partial charge in [0.15, 0.2) is 0 Å². The molecule has 1 aliphatic heterocycles. The molecular formula is C13H19NO2. The predicted molar refractivity (Wildman–Crippen MR) is 63.6 cm³/mol. The maximum atomic E-state index is 9.31. The van der Waals surface area contributed by atoms with E-state index in [9.17, 15) is 5.11 Å². The van der Waals surface area contributed by atoms with Gasteiger partial charge in [-0.05, 0) is 25.8 Å². The molecule has 3 nitrogen and oxygen atoms in total. The van der Waals surface area contributed by atoms with Crippen molar-refractivity contribution >= 4 is 0 Å². The topological polar surface area (TPSA) is 41.5 Å². The number of rotatable bonds is 3. The van der Waals surface area contributed by atoms with Gasteiger partial charge < -0.3 is 15.2 Å². The molecule has 0 spiro atoms. The van der Waals surface area contributed by atoms with E-state index in [1.165, 1.54) is 5.56 Å². The second-order valence-electron chi connectivity index (χ2n) is 4.34. The number of aliphatic hydroxyl groups excluding tert-OH is 1. The summed E-state index contributed by atoms with van der Waals surface area (Å²) < 4.78 is 5.68. The standard InChI is InChI=1S/C13H19NO2/c1-10(15)9-14-12-6-4-8-16-13-7-3-2-5-11(12)13/h2-3,5,7,10,12,14-15H,4,6,8-9H2,1H3/t10-,12?/m0/s1. The third-order valence-electron chi connectivity index (χ3n) is 2.85. The number of hydrogen-bond donors (Lipinski definition) is 2. The summed E-state index contributed by atoms with van der Waals surface area (Å²) in [4.78, 5) is 0. The monoisotopic (exact) mass is 221 g/mol. The Kier molecular flexibility index (Phi) is 3.80. The molecule has 2 N–H and O–H groups in total. The number of para-hydroxylation sites is 1. The number of aliphatic hydroxyl groups is 1. The summed E-state index contributed by atoms with van der Waals surface area (Å²) in [6, 6.07) is 8.44. The maximum Gasteiger partial charge on any atom is 0.124 e. The Morgan fingerprint density at radius 1 is 1.50 bits per heavy atom. The molecule has 16 heavy (non-hydrogen) atoms. The van der Waals surface area contributed by atoms with E-state index in [1.807, 2.05) is 18.2 Å². The van der Waals surface area contributed by atoms with E-state index in [1.54, 1.807) is 6.92 Å². The molecule has 1 heterocycles. The third-order valence-corrected chi connectivity index (χ3v) is 2.85. The summed E-state index contributed by atoms with van der Waals surface area (Å²) in [6.45, 7) is 3.20. The van der Waals surface area contributed by atoms with Crippen molar-refractivity contribution in [2.24, 2.45) is 0 Å². The van der Waals surface area contributed by atoms with Crippen molar-refractivity contribution in [1.29, 1.82) is 0 Å². The van der Waals surface area contributed by atoms with E-state index in [0.717, 1.165) is 25.2 Å². The van der Waals surface area contributed by atoms with Crippen LogP contribution in [0.1, 0.15) is 31.4 Å². The Labute approximate surface area is 96.4 Å². The van der Waals surface area contributed by atoms with Gasteiger partial charge in [0.2, 0.25) is 0 Å². The van der Waals surface area contributed by atoms with Crippen molar-refractivity contribution in [2.75, 3.05) is 13.2 Å². The number of hydrogen-bond acceptors (Lipinski definition) is 3. The van der Waals surface area contributed by atoms with Crippen LogP contribution in [-0.2, 0) is 0 Å². The molecule has 1 aromatic rings. The van der Waals surface area contributed by atoms with Gasteiger partial charge in [0, 0.05) is 18.2 Å². The summed E-state index contributed by atoms with van der Waals surface area (Å²) in [5.74, 6) is 0.975. The first kappa shape index (κ1) is 11.4. The third kappa shape index (κ3) is 2.74. The van der Waals surface area contributed by atoms with Gasteiger partial charge in [-0.1, -0.05) is 18.2 Å². The van der Waals surface area contributed by atoms with E-state index >= 15 is 0 Å². The lowest BCUT2D eigenvalue weighted by Crippen LogP contribution is -2.28. The van der Waals surface area contributed by atoms with E-state index in [-0.39, 0.29) is 6.10 Å². The molecule has 0 amide bonds. The molecule has 0 saturated heterocycles. The van der Waals surface area contributed by atoms with Crippen LogP contribution in [0.3, 0.4) is 0 Å². The van der Waals surface area contributed by atoms with Crippen LogP contribution < -0.4 is 10.1 Å². The van der Waals surface area contributed by atoms with E-state index in [2.05, 4.69) is 11.4 Å². The summed E-state index contributed by atoms with van der Waals surface area (Å²) in [5.41, 5.74) is 1.21. The van der Waals surface area contributed by atoms with Crippen molar-refractivity contribution in [3.8, 4) is 5.75 Å². The van der Waals surface area contributed by atoms with Gasteiger partial charge in [-0.15, -0.1) is 0 Å². The molecule has 2 atom stereocenters. The Bertz CT molecular complexity index is 338. The van der Waals surface area contributed by atoms with Gasteiger partial charge in [0.25, 0.3) is 0 Å². The zero-order chi connectivity index (χ0) is 11.4. The second-order valence-corrected chi connectivity index (χ2v) is 4.34. The molecule has 0 radical (unpaired) electrons. The van der Waals surface area contributed by atoms with Crippen molar-refractivity contribution < 1.29 is 9.84 Å². The zero-order valence-corrected chi connectivity index (χ0v) is 9.65. The Morgan fingerprint density at radius 3 is 3.12 bits per heavy atom. The van der Waals surface area contributed by atoms with E-state index < -0.39 is 0 Å². The van der Waals surface area contributed by atoms with Gasteiger partial charge in [-0.3, -0.25) is 0 Å². The number of fused-ring (bicyclic) bond motifs is 1. The molecule has 0 fully saturated rings. The molecule has 3 heteroatoms. The van der Waals surface area contributed by atoms with Crippen LogP contribution >= 0.6 is 0 Å². The molecule has 1 unspecified atom stereocenters. The molecular weight excluding hydrogens is 202 g/mol. The number of nitrogens with one attached hydrogen (secondary N) is 1. The van der Waals surface area contributed by atoms with Crippen LogP contribution in [0.4, 0.5) is 0 Å². The minimum absolute atomic E-state index is 0.299. The number of benzene rings is 1. The van der Waals surface area contributed by atoms with Crippen LogP contribution in [0.25, 0.3) is 0 Å². The summed E-state index contributed by atoms with van der Waals surface area (Å²) in [6.07, 6.45) is 1.80. The number of ether oxygens (including phenoxy) is 1. The Morgan fingerprint density at radius 2 is 2.31 bits per heavy atom. The fraction of sp³-hybridized carbons (Fsp3) is 0.538. The zero-order valence-electron chi connectivity index (χ0n) is 9.65.